The molecule has 4 N–H and O–H groups in total. The second-order valence-electron chi connectivity index (χ2n) is 12.3. The second-order valence-corrected chi connectivity index (χ2v) is 15.0. The van der Waals surface area contributed by atoms with E-state index in [0.29, 0.717) is 52.1 Å². The monoisotopic (exact) mass is 826 g/mol. The molecule has 280 valence electrons. The third-order valence-electron chi connectivity index (χ3n) is 8.09. The Kier molecular flexibility index (Phi) is 13.2. The molecular weight excluding hydrogens is 788 g/mol. The van der Waals surface area contributed by atoms with Crippen molar-refractivity contribution in [1.29, 1.82) is 0 Å². The molecule has 4 heterocycles. The number of benzene rings is 2. The second kappa shape index (κ2) is 18.2. The fourth-order valence-corrected chi connectivity index (χ4v) is 6.87. The molecule has 2 aliphatic heterocycles. The molecule has 15 nitrogen and oxygen atoms in total. The highest BCUT2D eigenvalue weighted by Crippen LogP contribution is 2.40. The van der Waals surface area contributed by atoms with E-state index < -0.39 is 12.1 Å². The number of amides is 4. The fraction of sp³-hybridized carbons (Fsp3) is 0.371. The summed E-state index contributed by atoms with van der Waals surface area (Å²) < 4.78 is 19.4. The van der Waals surface area contributed by atoms with Gasteiger partial charge in [0.25, 0.3) is 0 Å². The van der Waals surface area contributed by atoms with Crippen molar-refractivity contribution >= 4 is 74.4 Å². The molecule has 0 radical (unpaired) electrons. The molecule has 0 bridgehead atoms. The summed E-state index contributed by atoms with van der Waals surface area (Å²) in [6, 6.07) is 6.82. The number of aryl methyl sites for hydroxylation is 3. The van der Waals surface area contributed by atoms with Gasteiger partial charge in [0.05, 0.1) is 48.0 Å². The van der Waals surface area contributed by atoms with E-state index in [-0.39, 0.29) is 41.0 Å². The number of morpholine rings is 1. The van der Waals surface area contributed by atoms with E-state index in [2.05, 4.69) is 57.1 Å². The highest BCUT2D eigenvalue weighted by molar-refractivity contribution is 9.10. The van der Waals surface area contributed by atoms with Crippen LogP contribution in [0.15, 0.2) is 59.6 Å². The summed E-state index contributed by atoms with van der Waals surface area (Å²) in [5, 5.41) is 15.0. The van der Waals surface area contributed by atoms with E-state index in [0.717, 1.165) is 41.0 Å². The molecule has 4 amide bonds. The number of nitrogens with one attached hydrogen (secondary N) is 4. The smallest absolute Gasteiger partial charge is 0.347 e. The van der Waals surface area contributed by atoms with Crippen molar-refractivity contribution in [1.82, 2.24) is 30.6 Å². The van der Waals surface area contributed by atoms with E-state index in [1.807, 2.05) is 6.92 Å². The van der Waals surface area contributed by atoms with Crippen molar-refractivity contribution in [2.45, 2.75) is 32.1 Å². The first-order valence-corrected chi connectivity index (χ1v) is 19.2. The molecule has 2 unspecified atom stereocenters. The van der Waals surface area contributed by atoms with Crippen LogP contribution in [0.5, 0.6) is 11.5 Å². The minimum Gasteiger partial charge on any atom is -0.490 e. The maximum Gasteiger partial charge on any atom is 0.347 e. The van der Waals surface area contributed by atoms with Gasteiger partial charge in [0.1, 0.15) is 42.2 Å². The molecule has 4 aromatic rings. The van der Waals surface area contributed by atoms with Crippen molar-refractivity contribution in [2.24, 2.45) is 0 Å². The van der Waals surface area contributed by atoms with Crippen LogP contribution in [0.25, 0.3) is 0 Å². The zero-order valence-electron chi connectivity index (χ0n) is 29.4. The lowest BCUT2D eigenvalue weighted by molar-refractivity contribution is 0.000292. The van der Waals surface area contributed by atoms with Crippen molar-refractivity contribution in [2.75, 3.05) is 72.4 Å². The van der Waals surface area contributed by atoms with Crippen LogP contribution in [0.1, 0.15) is 17.0 Å². The number of ether oxygens (including phenoxy) is 3. The number of hydrazine groups is 1. The van der Waals surface area contributed by atoms with Crippen LogP contribution < -0.4 is 40.8 Å². The SMILES string of the molecule is Cc1cnc(NC(=O)N(c2cc(Br)c(C)cc2OCC2CNCCO2)N(C(=O)Nc2cnc(C)cn2)c2cc(Cl)ccc2OCC2CNCCS2)cn1. The maximum absolute atomic E-state index is 14.8. The molecule has 18 heteroatoms. The molecular formula is C35H40BrClN10O5S. The van der Waals surface area contributed by atoms with Gasteiger partial charge >= 0.3 is 12.1 Å². The summed E-state index contributed by atoms with van der Waals surface area (Å²) >= 11 is 12.1. The molecule has 2 atom stereocenters. The Morgan fingerprint density at radius 2 is 1.51 bits per heavy atom. The molecule has 6 rings (SSSR count). The first kappa shape index (κ1) is 38.5. The largest absolute Gasteiger partial charge is 0.490 e. The summed E-state index contributed by atoms with van der Waals surface area (Å²) in [6.07, 6.45) is 5.66. The van der Waals surface area contributed by atoms with Gasteiger partial charge < -0.3 is 24.8 Å². The van der Waals surface area contributed by atoms with Crippen LogP contribution in [0, 0.1) is 20.8 Å². The number of carbonyl (C=O) groups is 2. The molecule has 2 fully saturated rings. The number of thioether (sulfide) groups is 1. The number of aromatic nitrogens is 4. The first-order valence-electron chi connectivity index (χ1n) is 16.9. The van der Waals surface area contributed by atoms with Gasteiger partial charge in [-0.1, -0.05) is 27.5 Å². The van der Waals surface area contributed by atoms with Crippen LogP contribution in [-0.4, -0.2) is 95.1 Å². The number of hydrogen-bond acceptors (Lipinski definition) is 12. The van der Waals surface area contributed by atoms with E-state index in [9.17, 15) is 9.59 Å². The predicted molar refractivity (Wildman–Crippen MR) is 210 cm³/mol. The maximum atomic E-state index is 14.8. The number of halogens is 2. The summed E-state index contributed by atoms with van der Waals surface area (Å²) in [6.45, 7) is 9.50. The normalized spacial score (nSPS) is 17.1. The quantitative estimate of drug-likeness (QED) is 0.143. The Morgan fingerprint density at radius 1 is 0.868 bits per heavy atom. The van der Waals surface area contributed by atoms with Gasteiger partial charge in [-0.3, -0.25) is 20.6 Å². The Hall–Kier alpha value is -4.26. The molecule has 0 aliphatic carbocycles. The average molecular weight is 828 g/mol. The Labute approximate surface area is 325 Å². The minimum atomic E-state index is -0.781. The van der Waals surface area contributed by atoms with Gasteiger partial charge in [0, 0.05) is 41.4 Å². The molecule has 2 saturated heterocycles. The van der Waals surface area contributed by atoms with Gasteiger partial charge in [0.2, 0.25) is 0 Å². The summed E-state index contributed by atoms with van der Waals surface area (Å²) in [7, 11) is 0. The zero-order chi connectivity index (χ0) is 37.3. The van der Waals surface area contributed by atoms with Crippen LogP contribution in [-0.2, 0) is 4.74 Å². The van der Waals surface area contributed by atoms with Gasteiger partial charge in [-0.15, -0.1) is 0 Å². The Morgan fingerprint density at radius 3 is 2.09 bits per heavy atom. The van der Waals surface area contributed by atoms with Gasteiger partial charge in [-0.05, 0) is 56.7 Å². The lowest BCUT2D eigenvalue weighted by Crippen LogP contribution is -2.54. The first-order chi connectivity index (χ1) is 25.6. The summed E-state index contributed by atoms with van der Waals surface area (Å²) in [5.74, 6) is 1.83. The molecule has 0 spiro atoms. The standard InChI is InChI=1S/C35H40BrClN10O5S/c1-21-10-31(51-19-25-15-38-6-8-50-25)29(12-27(21)36)47(35(49)45-33-18-41-23(3)14-43-33)46(34(48)44-32-17-40-22(2)13-42-32)28-11-24(37)4-5-30(28)52-20-26-16-39-7-9-53-26/h4-5,10-14,17-18,25-26,38-39H,6-9,15-16,19-20H2,1-3H3,(H,42,44,48)(H,43,45,49). The van der Waals surface area contributed by atoms with E-state index in [1.165, 1.54) is 24.8 Å². The number of urea groups is 2. The number of anilines is 4. The predicted octanol–water partition coefficient (Wildman–Crippen LogP) is 5.75. The molecule has 2 aliphatic rings. The van der Waals surface area contributed by atoms with Crippen LogP contribution in [0.3, 0.4) is 0 Å². The van der Waals surface area contributed by atoms with Gasteiger partial charge in [-0.25, -0.2) is 19.6 Å². The van der Waals surface area contributed by atoms with Crippen molar-refractivity contribution in [3.63, 3.8) is 0 Å². The van der Waals surface area contributed by atoms with Crippen LogP contribution in [0.2, 0.25) is 5.02 Å². The number of rotatable bonds is 10. The van der Waals surface area contributed by atoms with Crippen LogP contribution in [0.4, 0.5) is 32.6 Å². The lowest BCUT2D eigenvalue weighted by Gasteiger charge is -2.36. The highest BCUT2D eigenvalue weighted by Gasteiger charge is 2.36. The molecule has 2 aromatic carbocycles. The number of carbonyl (C=O) groups excluding carboxylic acids is 2. The van der Waals surface area contributed by atoms with E-state index in [1.54, 1.807) is 55.9 Å². The molecule has 2 aromatic heterocycles. The van der Waals surface area contributed by atoms with Crippen molar-refractivity contribution in [3.05, 3.63) is 81.6 Å². The molecule has 53 heavy (non-hydrogen) atoms. The van der Waals surface area contributed by atoms with Gasteiger partial charge in [0.15, 0.2) is 11.6 Å². The molecule has 0 saturated carbocycles. The number of hydrogen-bond donors (Lipinski definition) is 4. The Balaban J connectivity index is 1.49. The highest BCUT2D eigenvalue weighted by atomic mass is 79.9. The lowest BCUT2D eigenvalue weighted by atomic mass is 10.2. The summed E-state index contributed by atoms with van der Waals surface area (Å²) in [4.78, 5) is 46.8. The van der Waals surface area contributed by atoms with Crippen molar-refractivity contribution < 1.29 is 23.8 Å². The van der Waals surface area contributed by atoms with Crippen LogP contribution >= 0.6 is 39.3 Å². The topological polar surface area (TPSA) is 168 Å². The van der Waals surface area contributed by atoms with E-state index >= 15 is 0 Å². The summed E-state index contributed by atoms with van der Waals surface area (Å²) in [5.41, 5.74) is 2.50. The minimum absolute atomic E-state index is 0.146. The third-order valence-corrected chi connectivity index (χ3v) is 10.4. The Bertz CT molecular complexity index is 1880. The fourth-order valence-electron chi connectivity index (χ4n) is 5.38. The average Bonchev–Trinajstić information content (AvgIpc) is 3.16. The van der Waals surface area contributed by atoms with Crippen molar-refractivity contribution in [3.8, 4) is 11.5 Å². The zero-order valence-corrected chi connectivity index (χ0v) is 32.6. The van der Waals surface area contributed by atoms with Gasteiger partial charge in [-0.2, -0.15) is 21.8 Å². The third kappa shape index (κ3) is 10.2. The number of nitrogens with zero attached hydrogens (tertiary/aromatic N) is 6. The van der Waals surface area contributed by atoms with E-state index in [4.69, 9.17) is 25.8 Å².